The Labute approximate surface area is 118 Å². The second-order valence-corrected chi connectivity index (χ2v) is 6.15. The molecule has 0 aliphatic carbocycles. The van der Waals surface area contributed by atoms with Crippen LogP contribution in [0.25, 0.3) is 0 Å². The van der Waals surface area contributed by atoms with E-state index in [9.17, 15) is 9.36 Å². The third kappa shape index (κ3) is 3.16. The number of carbonyl (C=O) groups excluding carboxylic acids is 1. The van der Waals surface area contributed by atoms with Gasteiger partial charge < -0.3 is 13.8 Å². The minimum atomic E-state index is -3.72. The number of methoxy groups -OCH3 is 1. The van der Waals surface area contributed by atoms with Crippen molar-refractivity contribution in [3.8, 4) is 0 Å². The van der Waals surface area contributed by atoms with E-state index in [1.165, 1.54) is 7.11 Å². The Morgan fingerprint density at radius 3 is 2.05 bits per heavy atom. The number of carbonyl (C=O) groups is 1. The predicted molar refractivity (Wildman–Crippen MR) is 75.6 cm³/mol. The summed E-state index contributed by atoms with van der Waals surface area (Å²) in [4.78, 5) is 10.7. The number of hydrogen-bond donors (Lipinski definition) is 1. The first-order valence-electron chi connectivity index (χ1n) is 6.26. The maximum atomic E-state index is 12.9. The van der Waals surface area contributed by atoms with Crippen LogP contribution in [0.2, 0.25) is 0 Å². The van der Waals surface area contributed by atoms with Gasteiger partial charge in [0.25, 0.3) is 0 Å². The highest BCUT2D eigenvalue weighted by atomic mass is 31.2. The minimum Gasteiger partial charge on any atom is -0.349 e. The molecule has 0 radical (unpaired) electrons. The van der Waals surface area contributed by atoms with Crippen LogP contribution in [-0.4, -0.2) is 26.6 Å². The van der Waals surface area contributed by atoms with Crippen LogP contribution in [0.1, 0.15) is 29.8 Å². The van der Waals surface area contributed by atoms with Gasteiger partial charge in [0.1, 0.15) is 6.29 Å². The zero-order chi connectivity index (χ0) is 15.2. The first-order valence-corrected chi connectivity index (χ1v) is 7.80. The van der Waals surface area contributed by atoms with Gasteiger partial charge in [0.2, 0.25) is 5.47 Å². The number of benzene rings is 1. The molecular formula is C13H20NO5P. The molecule has 0 saturated carbocycles. The van der Waals surface area contributed by atoms with E-state index in [2.05, 4.69) is 0 Å². The molecule has 0 saturated heterocycles. The molecule has 1 rings (SSSR count). The quantitative estimate of drug-likeness (QED) is 0.451. The normalized spacial score (nSPS) is 14.8. The molecule has 0 unspecified atom stereocenters. The van der Waals surface area contributed by atoms with Crippen molar-refractivity contribution in [1.82, 2.24) is 0 Å². The molecule has 0 fully saturated rings. The van der Waals surface area contributed by atoms with Gasteiger partial charge in [-0.15, -0.1) is 0 Å². The lowest BCUT2D eigenvalue weighted by atomic mass is 10.1. The lowest BCUT2D eigenvalue weighted by Gasteiger charge is -2.34. The first-order chi connectivity index (χ1) is 9.47. The molecule has 0 aliphatic heterocycles. The molecule has 0 spiro atoms. The van der Waals surface area contributed by atoms with E-state index in [0.717, 1.165) is 0 Å². The predicted octanol–water partition coefficient (Wildman–Crippen LogP) is 2.48. The van der Waals surface area contributed by atoms with Crippen LogP contribution in [0.4, 0.5) is 0 Å². The highest BCUT2D eigenvalue weighted by Crippen LogP contribution is 2.62. The van der Waals surface area contributed by atoms with Gasteiger partial charge >= 0.3 is 7.60 Å². The van der Waals surface area contributed by atoms with E-state index >= 15 is 0 Å². The molecule has 1 aromatic rings. The van der Waals surface area contributed by atoms with Crippen molar-refractivity contribution in [2.45, 2.75) is 19.3 Å². The second kappa shape index (κ2) is 7.11. The zero-order valence-corrected chi connectivity index (χ0v) is 12.8. The van der Waals surface area contributed by atoms with E-state index < -0.39 is 13.1 Å². The number of hydrogen-bond acceptors (Lipinski definition) is 6. The van der Waals surface area contributed by atoms with Gasteiger partial charge in [0.05, 0.1) is 13.2 Å². The molecule has 20 heavy (non-hydrogen) atoms. The van der Waals surface area contributed by atoms with Gasteiger partial charge in [-0.25, -0.2) is 0 Å². The van der Waals surface area contributed by atoms with E-state index in [0.29, 0.717) is 17.4 Å². The monoisotopic (exact) mass is 301 g/mol. The third-order valence-corrected chi connectivity index (χ3v) is 5.23. The Morgan fingerprint density at radius 2 is 1.70 bits per heavy atom. The summed E-state index contributed by atoms with van der Waals surface area (Å²) in [6, 6.07) is 6.26. The first kappa shape index (κ1) is 17.0. The van der Waals surface area contributed by atoms with Gasteiger partial charge in [-0.2, -0.15) is 0 Å². The molecule has 0 aromatic heterocycles. The summed E-state index contributed by atoms with van der Waals surface area (Å²) in [5.41, 5.74) is 5.31. The lowest BCUT2D eigenvalue weighted by molar-refractivity contribution is 0.0251. The van der Waals surface area contributed by atoms with Crippen LogP contribution in [0.5, 0.6) is 0 Å². The van der Waals surface area contributed by atoms with Crippen molar-refractivity contribution >= 4 is 13.9 Å². The molecule has 6 nitrogen and oxygen atoms in total. The maximum Gasteiger partial charge on any atom is 0.381 e. The molecule has 0 heterocycles. The fraction of sp³-hybridized carbons (Fsp3) is 0.462. The SMILES string of the molecule is CCOP(=O)(OCC)[C@](N)(OC)c1ccc(C=O)cc1. The maximum absolute atomic E-state index is 12.9. The van der Waals surface area contributed by atoms with Gasteiger partial charge in [0, 0.05) is 18.2 Å². The average Bonchev–Trinajstić information content (AvgIpc) is 2.47. The summed E-state index contributed by atoms with van der Waals surface area (Å²) in [5, 5.41) is 0. The molecule has 112 valence electrons. The van der Waals surface area contributed by atoms with Crippen molar-refractivity contribution in [2.75, 3.05) is 20.3 Å². The summed E-state index contributed by atoms with van der Waals surface area (Å²) < 4.78 is 28.6. The van der Waals surface area contributed by atoms with Crippen LogP contribution in [0.3, 0.4) is 0 Å². The summed E-state index contributed by atoms with van der Waals surface area (Å²) in [5.74, 6) is 0. The molecule has 0 bridgehead atoms. The highest BCUT2D eigenvalue weighted by Gasteiger charge is 2.50. The van der Waals surface area contributed by atoms with Crippen molar-refractivity contribution in [2.24, 2.45) is 5.73 Å². The third-order valence-electron chi connectivity index (χ3n) is 2.78. The van der Waals surface area contributed by atoms with Crippen LogP contribution in [-0.2, 0) is 23.8 Å². The lowest BCUT2D eigenvalue weighted by Crippen LogP contribution is -2.40. The topological polar surface area (TPSA) is 87.8 Å². The Hall–Kier alpha value is -1.04. The molecule has 1 aromatic carbocycles. The fourth-order valence-corrected chi connectivity index (χ4v) is 3.58. The average molecular weight is 301 g/mol. The summed E-state index contributed by atoms with van der Waals surface area (Å²) in [6.07, 6.45) is 0.708. The van der Waals surface area contributed by atoms with Gasteiger partial charge in [0.15, 0.2) is 0 Å². The number of ether oxygens (including phenoxy) is 1. The van der Waals surface area contributed by atoms with Crippen molar-refractivity contribution in [3.63, 3.8) is 0 Å². The van der Waals surface area contributed by atoms with E-state index in [1.54, 1.807) is 38.1 Å². The number of aldehydes is 1. The Morgan fingerprint density at radius 1 is 1.20 bits per heavy atom. The van der Waals surface area contributed by atoms with E-state index in [-0.39, 0.29) is 13.2 Å². The Balaban J connectivity index is 3.28. The smallest absolute Gasteiger partial charge is 0.349 e. The van der Waals surface area contributed by atoms with Crippen molar-refractivity contribution in [1.29, 1.82) is 0 Å². The number of nitrogens with two attached hydrogens (primary N) is 1. The minimum absolute atomic E-state index is 0.173. The van der Waals surface area contributed by atoms with Gasteiger partial charge in [-0.3, -0.25) is 15.1 Å². The van der Waals surface area contributed by atoms with Crippen LogP contribution in [0.15, 0.2) is 24.3 Å². The molecule has 1 atom stereocenters. The van der Waals surface area contributed by atoms with E-state index in [4.69, 9.17) is 19.5 Å². The fourth-order valence-electron chi connectivity index (χ4n) is 1.76. The molecule has 7 heteroatoms. The van der Waals surface area contributed by atoms with Crippen molar-refractivity contribution < 1.29 is 23.1 Å². The highest BCUT2D eigenvalue weighted by molar-refractivity contribution is 7.54. The Kier molecular flexibility index (Phi) is 6.05. The molecular weight excluding hydrogens is 281 g/mol. The van der Waals surface area contributed by atoms with Crippen LogP contribution in [0, 0.1) is 0 Å². The molecule has 0 aliphatic rings. The Bertz CT molecular complexity index is 480. The summed E-state index contributed by atoms with van der Waals surface area (Å²) in [7, 11) is -2.39. The second-order valence-electron chi connectivity index (χ2n) is 3.97. The summed E-state index contributed by atoms with van der Waals surface area (Å²) >= 11 is 0. The van der Waals surface area contributed by atoms with E-state index in [1.807, 2.05) is 0 Å². The van der Waals surface area contributed by atoms with Crippen LogP contribution < -0.4 is 5.73 Å². The van der Waals surface area contributed by atoms with Gasteiger partial charge in [-0.05, 0) is 13.8 Å². The largest absolute Gasteiger partial charge is 0.381 e. The zero-order valence-electron chi connectivity index (χ0n) is 11.9. The molecule has 0 amide bonds. The molecule has 2 N–H and O–H groups in total. The van der Waals surface area contributed by atoms with Gasteiger partial charge in [-0.1, -0.05) is 24.3 Å². The van der Waals surface area contributed by atoms with Crippen molar-refractivity contribution in [3.05, 3.63) is 35.4 Å². The van der Waals surface area contributed by atoms with Crippen LogP contribution >= 0.6 is 7.60 Å². The summed E-state index contributed by atoms with van der Waals surface area (Å²) in [6.45, 7) is 3.73. The number of rotatable bonds is 8. The standard InChI is InChI=1S/C13H20NO5P/c1-4-18-20(16,19-5-2)13(14,17-3)12-8-6-11(10-15)7-9-12/h6-10H,4-5,14H2,1-3H3/t13-/m1/s1.